The highest BCUT2D eigenvalue weighted by atomic mass is 32.2. The minimum absolute atomic E-state index is 0.143. The highest BCUT2D eigenvalue weighted by Gasteiger charge is 2.03. The van der Waals surface area contributed by atoms with Gasteiger partial charge in [-0.15, -0.1) is 0 Å². The third kappa shape index (κ3) is 6.40. The Morgan fingerprint density at radius 3 is 2.38 bits per heavy atom. The number of hydrogen-bond acceptors (Lipinski definition) is 2. The van der Waals surface area contributed by atoms with E-state index in [1.807, 2.05) is 11.8 Å². The first kappa shape index (κ1) is 18.6. The van der Waals surface area contributed by atoms with Crippen LogP contribution in [0, 0.1) is 20.8 Å². The summed E-state index contributed by atoms with van der Waals surface area (Å²) in [6, 6.07) is 15.1. The first-order valence-electron chi connectivity index (χ1n) is 8.51. The Morgan fingerprint density at radius 1 is 0.958 bits per heavy atom. The van der Waals surface area contributed by atoms with Crippen LogP contribution in [-0.4, -0.2) is 18.2 Å². The summed E-state index contributed by atoms with van der Waals surface area (Å²) in [5.41, 5.74) is 6.46. The predicted molar refractivity (Wildman–Crippen MR) is 105 cm³/mol. The van der Waals surface area contributed by atoms with Gasteiger partial charge < -0.3 is 5.32 Å². The first-order valence-corrected chi connectivity index (χ1v) is 9.66. The van der Waals surface area contributed by atoms with Gasteiger partial charge >= 0.3 is 0 Å². The number of nitrogens with one attached hydrogen (secondary N) is 1. The largest absolute Gasteiger partial charge is 0.355 e. The summed E-state index contributed by atoms with van der Waals surface area (Å²) in [7, 11) is 0. The molecule has 0 atom stereocenters. The molecule has 0 unspecified atom stereocenters. The highest BCUT2D eigenvalue weighted by Crippen LogP contribution is 2.13. The lowest BCUT2D eigenvalue weighted by Crippen LogP contribution is -2.25. The molecule has 0 aliphatic heterocycles. The molecule has 2 aromatic carbocycles. The quantitative estimate of drug-likeness (QED) is 0.711. The lowest BCUT2D eigenvalue weighted by molar-refractivity contribution is -0.120. The van der Waals surface area contributed by atoms with Gasteiger partial charge in [-0.2, -0.15) is 11.8 Å². The maximum Gasteiger partial charge on any atom is 0.220 e. The van der Waals surface area contributed by atoms with E-state index in [2.05, 4.69) is 68.6 Å². The predicted octanol–water partition coefficient (Wildman–Crippen LogP) is 4.59. The van der Waals surface area contributed by atoms with E-state index in [9.17, 15) is 4.79 Å². The van der Waals surface area contributed by atoms with Crippen LogP contribution < -0.4 is 5.32 Å². The highest BCUT2D eigenvalue weighted by molar-refractivity contribution is 7.98. The number of carbonyl (C=O) groups is 1. The number of rotatable bonds is 8. The van der Waals surface area contributed by atoms with Crippen molar-refractivity contribution in [3.05, 3.63) is 70.3 Å². The van der Waals surface area contributed by atoms with Crippen LogP contribution in [0.15, 0.2) is 42.5 Å². The summed E-state index contributed by atoms with van der Waals surface area (Å²) in [6.07, 6.45) is 1.37. The second kappa shape index (κ2) is 9.53. The fraction of sp³-hybridized carbons (Fsp3) is 0.381. The summed E-state index contributed by atoms with van der Waals surface area (Å²) in [6.45, 7) is 7.07. The van der Waals surface area contributed by atoms with Crippen LogP contribution >= 0.6 is 11.8 Å². The van der Waals surface area contributed by atoms with E-state index in [-0.39, 0.29) is 5.91 Å². The average molecular weight is 342 g/mol. The van der Waals surface area contributed by atoms with Crippen LogP contribution in [0.25, 0.3) is 0 Å². The number of thioether (sulfide) groups is 1. The first-order chi connectivity index (χ1) is 11.5. The molecule has 2 rings (SSSR count). The van der Waals surface area contributed by atoms with E-state index in [1.165, 1.54) is 27.8 Å². The number of benzene rings is 2. The van der Waals surface area contributed by atoms with Crippen molar-refractivity contribution in [1.29, 1.82) is 0 Å². The lowest BCUT2D eigenvalue weighted by atomic mass is 10.0. The number of carbonyl (C=O) groups excluding carboxylic acids is 1. The maximum absolute atomic E-state index is 11.9. The molecule has 128 valence electrons. The molecule has 0 saturated heterocycles. The number of hydrogen-bond donors (Lipinski definition) is 1. The molecule has 0 saturated carbocycles. The van der Waals surface area contributed by atoms with Gasteiger partial charge in [0.25, 0.3) is 0 Å². The van der Waals surface area contributed by atoms with E-state index in [0.29, 0.717) is 6.42 Å². The summed E-state index contributed by atoms with van der Waals surface area (Å²) in [4.78, 5) is 11.9. The average Bonchev–Trinajstić information content (AvgIpc) is 2.57. The smallest absolute Gasteiger partial charge is 0.220 e. The van der Waals surface area contributed by atoms with Gasteiger partial charge in [0, 0.05) is 24.5 Å². The molecule has 1 amide bonds. The monoisotopic (exact) mass is 341 g/mol. The van der Waals surface area contributed by atoms with Crippen molar-refractivity contribution >= 4 is 17.7 Å². The molecule has 1 N–H and O–H groups in total. The Bertz CT molecular complexity index is 664. The Morgan fingerprint density at radius 2 is 1.67 bits per heavy atom. The third-order valence-electron chi connectivity index (χ3n) is 4.17. The van der Waals surface area contributed by atoms with Gasteiger partial charge in [0.15, 0.2) is 0 Å². The maximum atomic E-state index is 11.9. The zero-order valence-corrected chi connectivity index (χ0v) is 15.7. The van der Waals surface area contributed by atoms with E-state index in [1.54, 1.807) is 0 Å². The fourth-order valence-corrected chi connectivity index (χ4v) is 3.26. The van der Waals surface area contributed by atoms with E-state index >= 15 is 0 Å². The van der Waals surface area contributed by atoms with Gasteiger partial charge in [0.2, 0.25) is 5.91 Å². The van der Waals surface area contributed by atoms with Crippen molar-refractivity contribution in [2.24, 2.45) is 0 Å². The van der Waals surface area contributed by atoms with Crippen molar-refractivity contribution in [3.63, 3.8) is 0 Å². The standard InChI is InChI=1S/C21H27NOS/c1-16-4-7-20(8-5-16)15-24-13-12-22-21(23)11-10-19-9-6-17(2)18(3)14-19/h4-9,14H,10-13,15H2,1-3H3,(H,22,23). The van der Waals surface area contributed by atoms with Gasteiger partial charge in [0.05, 0.1) is 0 Å². The van der Waals surface area contributed by atoms with Crippen molar-refractivity contribution in [3.8, 4) is 0 Å². The summed E-state index contributed by atoms with van der Waals surface area (Å²) in [5, 5.41) is 3.01. The van der Waals surface area contributed by atoms with Crippen LogP contribution in [0.4, 0.5) is 0 Å². The normalized spacial score (nSPS) is 10.6. The molecule has 0 fully saturated rings. The molecule has 3 heteroatoms. The van der Waals surface area contributed by atoms with Gasteiger partial charge in [-0.25, -0.2) is 0 Å². The second-order valence-corrected chi connectivity index (χ2v) is 7.41. The molecule has 0 aliphatic carbocycles. The van der Waals surface area contributed by atoms with Gasteiger partial charge in [-0.05, 0) is 49.4 Å². The molecule has 0 bridgehead atoms. The van der Waals surface area contributed by atoms with E-state index in [4.69, 9.17) is 0 Å². The zero-order valence-electron chi connectivity index (χ0n) is 14.9. The minimum Gasteiger partial charge on any atom is -0.355 e. The Kier molecular flexibility index (Phi) is 7.38. The third-order valence-corrected chi connectivity index (χ3v) is 5.20. The second-order valence-electron chi connectivity index (χ2n) is 6.31. The van der Waals surface area contributed by atoms with Crippen LogP contribution in [0.3, 0.4) is 0 Å². The molecular weight excluding hydrogens is 314 g/mol. The van der Waals surface area contributed by atoms with Gasteiger partial charge in [-0.1, -0.05) is 48.0 Å². The van der Waals surface area contributed by atoms with Crippen LogP contribution in [0.2, 0.25) is 0 Å². The molecular formula is C21H27NOS. The van der Waals surface area contributed by atoms with Crippen molar-refractivity contribution in [1.82, 2.24) is 5.32 Å². The number of aryl methyl sites for hydroxylation is 4. The van der Waals surface area contributed by atoms with E-state index in [0.717, 1.165) is 24.5 Å². The van der Waals surface area contributed by atoms with Gasteiger partial charge in [-0.3, -0.25) is 4.79 Å². The molecule has 0 heterocycles. The molecule has 24 heavy (non-hydrogen) atoms. The molecule has 0 spiro atoms. The van der Waals surface area contributed by atoms with Gasteiger partial charge in [0.1, 0.15) is 0 Å². The topological polar surface area (TPSA) is 29.1 Å². The summed E-state index contributed by atoms with van der Waals surface area (Å²) in [5.74, 6) is 2.09. The Labute approximate surface area is 150 Å². The molecule has 2 aromatic rings. The summed E-state index contributed by atoms with van der Waals surface area (Å²) >= 11 is 1.86. The van der Waals surface area contributed by atoms with Crippen molar-refractivity contribution < 1.29 is 4.79 Å². The van der Waals surface area contributed by atoms with E-state index < -0.39 is 0 Å². The van der Waals surface area contributed by atoms with Crippen LogP contribution in [-0.2, 0) is 17.0 Å². The van der Waals surface area contributed by atoms with Crippen LogP contribution in [0.1, 0.15) is 34.2 Å². The minimum atomic E-state index is 0.143. The zero-order chi connectivity index (χ0) is 17.4. The van der Waals surface area contributed by atoms with Crippen molar-refractivity contribution in [2.45, 2.75) is 39.4 Å². The summed E-state index contributed by atoms with van der Waals surface area (Å²) < 4.78 is 0. The Hall–Kier alpha value is -1.74. The fourth-order valence-electron chi connectivity index (χ4n) is 2.44. The molecule has 0 radical (unpaired) electrons. The lowest BCUT2D eigenvalue weighted by Gasteiger charge is -2.07. The number of amides is 1. The SMILES string of the molecule is Cc1ccc(CSCCNC(=O)CCc2ccc(C)c(C)c2)cc1. The Balaban J connectivity index is 1.59. The molecule has 0 aromatic heterocycles. The van der Waals surface area contributed by atoms with Crippen molar-refractivity contribution in [2.75, 3.05) is 12.3 Å². The molecule has 2 nitrogen and oxygen atoms in total. The molecule has 0 aliphatic rings. The van der Waals surface area contributed by atoms with Crippen LogP contribution in [0.5, 0.6) is 0 Å².